The van der Waals surface area contributed by atoms with Crippen molar-refractivity contribution in [1.82, 2.24) is 9.55 Å². The van der Waals surface area contributed by atoms with Crippen LogP contribution in [0.4, 0.5) is 0 Å². The van der Waals surface area contributed by atoms with Gasteiger partial charge in [0.25, 0.3) is 0 Å². The number of halogens is 2. The molecule has 1 aromatic carbocycles. The van der Waals surface area contributed by atoms with Gasteiger partial charge in [-0.2, -0.15) is 0 Å². The number of alkyl halides is 1. The van der Waals surface area contributed by atoms with Crippen molar-refractivity contribution in [2.45, 2.75) is 18.7 Å². The fourth-order valence-corrected chi connectivity index (χ4v) is 3.00. The van der Waals surface area contributed by atoms with Gasteiger partial charge in [0, 0.05) is 34.3 Å². The number of imidazole rings is 1. The minimum Gasteiger partial charge on any atom is -0.304 e. The van der Waals surface area contributed by atoms with E-state index in [0.717, 1.165) is 27.7 Å². The normalized spacial score (nSPS) is 10.7. The van der Waals surface area contributed by atoms with E-state index < -0.39 is 0 Å². The van der Waals surface area contributed by atoms with Gasteiger partial charge in [-0.05, 0) is 17.7 Å². The predicted octanol–water partition coefficient (Wildman–Crippen LogP) is 4.09. The lowest BCUT2D eigenvalue weighted by Crippen LogP contribution is -1.99. The molecule has 1 aromatic heterocycles. The first-order chi connectivity index (χ1) is 7.76. The molecule has 2 aromatic rings. The van der Waals surface area contributed by atoms with E-state index in [4.69, 9.17) is 0 Å². The van der Waals surface area contributed by atoms with Gasteiger partial charge < -0.3 is 4.57 Å². The van der Waals surface area contributed by atoms with Crippen LogP contribution in [-0.2, 0) is 11.8 Å². The first-order valence-electron chi connectivity index (χ1n) is 5.13. The van der Waals surface area contributed by atoms with Crippen LogP contribution in [0.5, 0.6) is 0 Å². The maximum absolute atomic E-state index is 4.32. The van der Waals surface area contributed by atoms with Crippen molar-refractivity contribution >= 4 is 31.9 Å². The van der Waals surface area contributed by atoms with Crippen LogP contribution in [0.3, 0.4) is 0 Å². The summed E-state index contributed by atoms with van der Waals surface area (Å²) in [4.78, 5) is 4.32. The second-order valence-corrected chi connectivity index (χ2v) is 4.89. The number of benzene rings is 1. The highest BCUT2D eigenvalue weighted by Crippen LogP contribution is 2.23. The zero-order valence-electron chi connectivity index (χ0n) is 8.95. The Kier molecular flexibility index (Phi) is 3.82. The average Bonchev–Trinajstić information content (AvgIpc) is 2.77. The van der Waals surface area contributed by atoms with E-state index in [1.165, 1.54) is 5.56 Å². The van der Waals surface area contributed by atoms with Gasteiger partial charge in [0.15, 0.2) is 0 Å². The average molecular weight is 344 g/mol. The quantitative estimate of drug-likeness (QED) is 0.767. The van der Waals surface area contributed by atoms with E-state index in [-0.39, 0.29) is 0 Å². The molecule has 84 valence electrons. The molecule has 0 aliphatic carbocycles. The Hall–Kier alpha value is -0.610. The highest BCUT2D eigenvalue weighted by Gasteiger charge is 2.05. The summed E-state index contributed by atoms with van der Waals surface area (Å²) in [6.07, 6.45) is 4.77. The van der Waals surface area contributed by atoms with Crippen molar-refractivity contribution < 1.29 is 0 Å². The third kappa shape index (κ3) is 2.23. The molecule has 0 aliphatic rings. The molecule has 2 rings (SSSR count). The highest BCUT2D eigenvalue weighted by molar-refractivity contribution is 9.10. The number of aromatic nitrogens is 2. The zero-order valence-corrected chi connectivity index (χ0v) is 12.1. The maximum Gasteiger partial charge on any atom is 0.112 e. The smallest absolute Gasteiger partial charge is 0.112 e. The van der Waals surface area contributed by atoms with E-state index in [9.17, 15) is 0 Å². The number of hydrogen-bond donors (Lipinski definition) is 0. The minimum atomic E-state index is 0.860. The van der Waals surface area contributed by atoms with Crippen molar-refractivity contribution in [2.75, 3.05) is 0 Å². The van der Waals surface area contributed by atoms with Gasteiger partial charge in [-0.3, -0.25) is 0 Å². The second-order valence-electron chi connectivity index (χ2n) is 3.48. The van der Waals surface area contributed by atoms with Crippen LogP contribution in [0.1, 0.15) is 18.3 Å². The summed E-state index contributed by atoms with van der Waals surface area (Å²) in [5.41, 5.74) is 2.40. The Morgan fingerprint density at radius 1 is 1.38 bits per heavy atom. The lowest BCUT2D eigenvalue weighted by Gasteiger charge is -2.08. The minimum absolute atomic E-state index is 0.860. The largest absolute Gasteiger partial charge is 0.304 e. The fraction of sp³-hybridized carbons (Fsp3) is 0.250. The predicted molar refractivity (Wildman–Crippen MR) is 73.3 cm³/mol. The molecule has 0 unspecified atom stereocenters. The summed E-state index contributed by atoms with van der Waals surface area (Å²) in [7, 11) is 0. The van der Waals surface area contributed by atoms with Crippen LogP contribution in [-0.4, -0.2) is 9.55 Å². The number of rotatable bonds is 3. The van der Waals surface area contributed by atoms with Crippen molar-refractivity contribution in [3.63, 3.8) is 0 Å². The Morgan fingerprint density at radius 2 is 2.19 bits per heavy atom. The molecule has 4 heteroatoms. The number of hydrogen-bond acceptors (Lipinski definition) is 1. The monoisotopic (exact) mass is 342 g/mol. The first-order valence-corrected chi connectivity index (χ1v) is 7.04. The van der Waals surface area contributed by atoms with Gasteiger partial charge in [0.1, 0.15) is 5.82 Å². The summed E-state index contributed by atoms with van der Waals surface area (Å²) < 4.78 is 3.24. The lowest BCUT2D eigenvalue weighted by atomic mass is 10.2. The standard InChI is InChI=1S/C12H12Br2N2/c1-2-12-15-5-6-16(12)10-4-3-9(8-13)11(14)7-10/h3-7H,2,8H2,1H3. The molecule has 0 saturated carbocycles. The zero-order chi connectivity index (χ0) is 11.5. The summed E-state index contributed by atoms with van der Waals surface area (Å²) in [6.45, 7) is 2.11. The summed E-state index contributed by atoms with van der Waals surface area (Å²) in [5, 5.41) is 0.860. The van der Waals surface area contributed by atoms with E-state index in [2.05, 4.69) is 66.5 Å². The van der Waals surface area contributed by atoms with Gasteiger partial charge in [0.05, 0.1) is 0 Å². The number of aryl methyl sites for hydroxylation is 1. The Morgan fingerprint density at radius 3 is 2.81 bits per heavy atom. The Labute approximate surface area is 112 Å². The molecule has 0 aliphatic heterocycles. The first kappa shape index (κ1) is 11.9. The Balaban J connectivity index is 2.45. The van der Waals surface area contributed by atoms with Crippen molar-refractivity contribution in [3.05, 3.63) is 46.5 Å². The summed E-state index contributed by atoms with van der Waals surface area (Å²) in [6, 6.07) is 6.35. The van der Waals surface area contributed by atoms with Crippen LogP contribution in [0.15, 0.2) is 35.1 Å². The third-order valence-corrected chi connectivity index (χ3v) is 3.83. The maximum atomic E-state index is 4.32. The second kappa shape index (κ2) is 5.15. The molecular weight excluding hydrogens is 332 g/mol. The van der Waals surface area contributed by atoms with Crippen molar-refractivity contribution in [2.24, 2.45) is 0 Å². The van der Waals surface area contributed by atoms with Crippen LogP contribution in [0.25, 0.3) is 5.69 Å². The van der Waals surface area contributed by atoms with E-state index >= 15 is 0 Å². The molecule has 1 heterocycles. The molecule has 0 bridgehead atoms. The topological polar surface area (TPSA) is 17.8 Å². The fourth-order valence-electron chi connectivity index (χ4n) is 1.63. The molecule has 0 spiro atoms. The molecular formula is C12H12Br2N2. The van der Waals surface area contributed by atoms with Gasteiger partial charge in [-0.25, -0.2) is 4.98 Å². The molecule has 16 heavy (non-hydrogen) atoms. The SMILES string of the molecule is CCc1nccn1-c1ccc(CBr)c(Br)c1. The molecule has 0 fully saturated rings. The Bertz CT molecular complexity index is 492. The van der Waals surface area contributed by atoms with E-state index in [1.54, 1.807) is 0 Å². The van der Waals surface area contributed by atoms with Crippen LogP contribution >= 0.6 is 31.9 Å². The van der Waals surface area contributed by atoms with E-state index in [1.807, 2.05) is 12.4 Å². The molecule has 0 radical (unpaired) electrons. The summed E-state index contributed by atoms with van der Waals surface area (Å²) in [5.74, 6) is 1.08. The molecule has 0 amide bonds. The lowest BCUT2D eigenvalue weighted by molar-refractivity contribution is 0.890. The molecule has 2 nitrogen and oxygen atoms in total. The van der Waals surface area contributed by atoms with Crippen molar-refractivity contribution in [3.8, 4) is 5.69 Å². The summed E-state index contributed by atoms with van der Waals surface area (Å²) >= 11 is 7.04. The van der Waals surface area contributed by atoms with E-state index in [0.29, 0.717) is 0 Å². The van der Waals surface area contributed by atoms with Crippen LogP contribution in [0.2, 0.25) is 0 Å². The molecule has 0 N–H and O–H groups in total. The van der Waals surface area contributed by atoms with Gasteiger partial charge in [-0.15, -0.1) is 0 Å². The van der Waals surface area contributed by atoms with Crippen LogP contribution < -0.4 is 0 Å². The van der Waals surface area contributed by atoms with Gasteiger partial charge in [-0.1, -0.05) is 44.8 Å². The van der Waals surface area contributed by atoms with Crippen molar-refractivity contribution in [1.29, 1.82) is 0 Å². The molecule has 0 atom stereocenters. The number of nitrogens with zero attached hydrogens (tertiary/aromatic N) is 2. The van der Waals surface area contributed by atoms with Gasteiger partial charge >= 0.3 is 0 Å². The third-order valence-electron chi connectivity index (χ3n) is 2.49. The van der Waals surface area contributed by atoms with Crippen LogP contribution in [0, 0.1) is 0 Å². The highest BCUT2D eigenvalue weighted by atomic mass is 79.9. The van der Waals surface area contributed by atoms with Gasteiger partial charge in [0.2, 0.25) is 0 Å². The molecule has 0 saturated heterocycles.